The van der Waals surface area contributed by atoms with Crippen LogP contribution in [0.1, 0.15) is 43.4 Å². The van der Waals surface area contributed by atoms with Crippen LogP contribution in [0.5, 0.6) is 0 Å². The van der Waals surface area contributed by atoms with Crippen molar-refractivity contribution in [1.29, 1.82) is 0 Å². The molecule has 2 atom stereocenters. The van der Waals surface area contributed by atoms with Crippen LogP contribution in [0.15, 0.2) is 42.6 Å². The van der Waals surface area contributed by atoms with Gasteiger partial charge in [0.1, 0.15) is 0 Å². The van der Waals surface area contributed by atoms with Crippen molar-refractivity contribution >= 4 is 0 Å². The molecule has 1 aliphatic heterocycles. The molecular weight excluding hydrogens is 290 g/mol. The van der Waals surface area contributed by atoms with Crippen molar-refractivity contribution in [1.82, 2.24) is 4.98 Å². The molecule has 0 radical (unpaired) electrons. The summed E-state index contributed by atoms with van der Waals surface area (Å²) >= 11 is 0. The SMILES string of the molecule is CC(OC1CCCCO1)c1ccc(-c2cccc(CO)c2)nc1. The van der Waals surface area contributed by atoms with Crippen molar-refractivity contribution in [2.24, 2.45) is 0 Å². The van der Waals surface area contributed by atoms with Gasteiger partial charge in [0.25, 0.3) is 0 Å². The van der Waals surface area contributed by atoms with Crippen molar-refractivity contribution < 1.29 is 14.6 Å². The Morgan fingerprint density at radius 2 is 2.22 bits per heavy atom. The zero-order valence-electron chi connectivity index (χ0n) is 13.4. The van der Waals surface area contributed by atoms with Gasteiger partial charge in [-0.25, -0.2) is 0 Å². The summed E-state index contributed by atoms with van der Waals surface area (Å²) in [6, 6.07) is 11.8. The predicted molar refractivity (Wildman–Crippen MR) is 88.7 cm³/mol. The van der Waals surface area contributed by atoms with Crippen LogP contribution in [0.4, 0.5) is 0 Å². The monoisotopic (exact) mass is 313 g/mol. The fourth-order valence-corrected chi connectivity index (χ4v) is 2.77. The maximum Gasteiger partial charge on any atom is 0.158 e. The second-order valence-corrected chi connectivity index (χ2v) is 5.91. The van der Waals surface area contributed by atoms with Gasteiger partial charge in [-0.15, -0.1) is 0 Å². The molecule has 1 N–H and O–H groups in total. The van der Waals surface area contributed by atoms with Crippen LogP contribution in [0.3, 0.4) is 0 Å². The number of ether oxygens (including phenoxy) is 2. The van der Waals surface area contributed by atoms with Gasteiger partial charge in [0, 0.05) is 18.4 Å². The summed E-state index contributed by atoms with van der Waals surface area (Å²) in [6.07, 6.45) is 4.97. The van der Waals surface area contributed by atoms with Gasteiger partial charge in [0.15, 0.2) is 6.29 Å². The lowest BCUT2D eigenvalue weighted by Crippen LogP contribution is -2.23. The number of nitrogens with zero attached hydrogens (tertiary/aromatic N) is 1. The third-order valence-corrected chi connectivity index (χ3v) is 4.15. The number of aliphatic hydroxyl groups excluding tert-OH is 1. The van der Waals surface area contributed by atoms with Crippen molar-refractivity contribution in [2.75, 3.05) is 6.61 Å². The number of benzene rings is 1. The average Bonchev–Trinajstić information content (AvgIpc) is 2.63. The molecule has 122 valence electrons. The Bertz CT molecular complexity index is 621. The lowest BCUT2D eigenvalue weighted by Gasteiger charge is -2.26. The number of rotatable bonds is 5. The fourth-order valence-electron chi connectivity index (χ4n) is 2.77. The van der Waals surface area contributed by atoms with Crippen LogP contribution < -0.4 is 0 Å². The minimum absolute atomic E-state index is 0.0385. The number of hydrogen-bond donors (Lipinski definition) is 1. The van der Waals surface area contributed by atoms with Gasteiger partial charge in [-0.1, -0.05) is 24.3 Å². The molecule has 0 bridgehead atoms. The molecule has 2 heterocycles. The summed E-state index contributed by atoms with van der Waals surface area (Å²) in [5, 5.41) is 9.23. The van der Waals surface area contributed by atoms with E-state index >= 15 is 0 Å². The predicted octanol–water partition coefficient (Wildman–Crippen LogP) is 3.85. The Morgan fingerprint density at radius 3 is 2.91 bits per heavy atom. The summed E-state index contributed by atoms with van der Waals surface area (Å²) < 4.78 is 11.6. The maximum atomic E-state index is 9.23. The van der Waals surface area contributed by atoms with Crippen LogP contribution in [-0.4, -0.2) is 23.0 Å². The number of aromatic nitrogens is 1. The summed E-state index contributed by atoms with van der Waals surface area (Å²) in [5.41, 5.74) is 3.83. The van der Waals surface area contributed by atoms with E-state index < -0.39 is 0 Å². The molecule has 3 rings (SSSR count). The molecule has 1 aromatic carbocycles. The van der Waals surface area contributed by atoms with Gasteiger partial charge in [-0.3, -0.25) is 4.98 Å². The highest BCUT2D eigenvalue weighted by Gasteiger charge is 2.18. The summed E-state index contributed by atoms with van der Waals surface area (Å²) in [7, 11) is 0. The molecule has 0 amide bonds. The molecule has 2 aromatic rings. The third-order valence-electron chi connectivity index (χ3n) is 4.15. The van der Waals surface area contributed by atoms with Crippen molar-refractivity contribution in [3.63, 3.8) is 0 Å². The van der Waals surface area contributed by atoms with Gasteiger partial charge in [-0.05, 0) is 49.4 Å². The van der Waals surface area contributed by atoms with E-state index in [0.29, 0.717) is 0 Å². The number of aliphatic hydroxyl groups is 1. The molecule has 1 aliphatic rings. The first-order chi connectivity index (χ1) is 11.3. The first kappa shape index (κ1) is 16.1. The first-order valence-electron chi connectivity index (χ1n) is 8.19. The third kappa shape index (κ3) is 4.16. The highest BCUT2D eigenvalue weighted by atomic mass is 16.7. The molecule has 4 nitrogen and oxygen atoms in total. The van der Waals surface area contributed by atoms with Crippen molar-refractivity contribution in [2.45, 2.75) is 45.2 Å². The molecule has 1 aromatic heterocycles. The molecule has 0 aliphatic carbocycles. The highest BCUT2D eigenvalue weighted by molar-refractivity contribution is 5.60. The van der Waals surface area contributed by atoms with E-state index in [0.717, 1.165) is 48.3 Å². The second kappa shape index (κ2) is 7.68. The van der Waals surface area contributed by atoms with Gasteiger partial charge in [0.2, 0.25) is 0 Å². The molecule has 2 unspecified atom stereocenters. The fraction of sp³-hybridized carbons (Fsp3) is 0.421. The van der Waals surface area contributed by atoms with E-state index in [1.54, 1.807) is 0 Å². The Kier molecular flexibility index (Phi) is 5.39. The zero-order chi connectivity index (χ0) is 16.1. The molecule has 23 heavy (non-hydrogen) atoms. The van der Waals surface area contributed by atoms with Crippen LogP contribution in [0, 0.1) is 0 Å². The minimum Gasteiger partial charge on any atom is -0.392 e. The van der Waals surface area contributed by atoms with Gasteiger partial charge < -0.3 is 14.6 Å². The van der Waals surface area contributed by atoms with E-state index in [-0.39, 0.29) is 19.0 Å². The maximum absolute atomic E-state index is 9.23. The van der Waals surface area contributed by atoms with E-state index in [1.807, 2.05) is 49.5 Å². The molecule has 0 spiro atoms. The number of pyridine rings is 1. The van der Waals surface area contributed by atoms with E-state index in [9.17, 15) is 5.11 Å². The van der Waals surface area contributed by atoms with Crippen LogP contribution >= 0.6 is 0 Å². The Labute approximate surface area is 137 Å². The standard InChI is InChI=1S/C19H23NO3/c1-14(23-19-7-2-3-10-22-19)17-8-9-18(20-12-17)16-6-4-5-15(11-16)13-21/h4-6,8-9,11-12,14,19,21H,2-3,7,10,13H2,1H3. The van der Waals surface area contributed by atoms with Gasteiger partial charge >= 0.3 is 0 Å². The summed E-state index contributed by atoms with van der Waals surface area (Å²) in [6.45, 7) is 2.86. The Morgan fingerprint density at radius 1 is 1.30 bits per heavy atom. The van der Waals surface area contributed by atoms with E-state index in [2.05, 4.69) is 4.98 Å². The largest absolute Gasteiger partial charge is 0.392 e. The molecule has 4 heteroatoms. The van der Waals surface area contributed by atoms with E-state index in [1.165, 1.54) is 0 Å². The van der Waals surface area contributed by atoms with Crippen molar-refractivity contribution in [3.8, 4) is 11.3 Å². The van der Waals surface area contributed by atoms with E-state index in [4.69, 9.17) is 9.47 Å². The first-order valence-corrected chi connectivity index (χ1v) is 8.19. The topological polar surface area (TPSA) is 51.6 Å². The molecule has 1 fully saturated rings. The number of hydrogen-bond acceptors (Lipinski definition) is 4. The summed E-state index contributed by atoms with van der Waals surface area (Å²) in [4.78, 5) is 4.54. The van der Waals surface area contributed by atoms with Gasteiger partial charge in [0.05, 0.1) is 18.4 Å². The lowest BCUT2D eigenvalue weighted by atomic mass is 10.1. The minimum atomic E-state index is -0.0975. The van der Waals surface area contributed by atoms with Crippen LogP contribution in [0.25, 0.3) is 11.3 Å². The molecule has 0 saturated carbocycles. The van der Waals surface area contributed by atoms with Crippen LogP contribution in [0.2, 0.25) is 0 Å². The normalized spacial score (nSPS) is 19.5. The molecule has 1 saturated heterocycles. The van der Waals surface area contributed by atoms with Gasteiger partial charge in [-0.2, -0.15) is 0 Å². The second-order valence-electron chi connectivity index (χ2n) is 5.91. The zero-order valence-corrected chi connectivity index (χ0v) is 13.4. The molecular formula is C19H23NO3. The quantitative estimate of drug-likeness (QED) is 0.911. The lowest BCUT2D eigenvalue weighted by molar-refractivity contribution is -0.186. The highest BCUT2D eigenvalue weighted by Crippen LogP contribution is 2.25. The Hall–Kier alpha value is -1.75. The van der Waals surface area contributed by atoms with Crippen LogP contribution in [-0.2, 0) is 16.1 Å². The Balaban J connectivity index is 1.68. The van der Waals surface area contributed by atoms with Crippen molar-refractivity contribution in [3.05, 3.63) is 53.7 Å². The smallest absolute Gasteiger partial charge is 0.158 e. The average molecular weight is 313 g/mol. The summed E-state index contributed by atoms with van der Waals surface area (Å²) in [5.74, 6) is 0.